The zero-order valence-corrected chi connectivity index (χ0v) is 39.7. The summed E-state index contributed by atoms with van der Waals surface area (Å²) >= 11 is 19.8. The third-order valence-corrected chi connectivity index (χ3v) is 16.0. The number of piperidine rings is 1. The molecule has 7 rings (SSSR count). The van der Waals surface area contributed by atoms with E-state index in [2.05, 4.69) is 48.0 Å². The van der Waals surface area contributed by atoms with Crippen molar-refractivity contribution < 1.29 is 30.0 Å². The van der Waals surface area contributed by atoms with Gasteiger partial charge in [-0.05, 0) is 125 Å². The summed E-state index contributed by atoms with van der Waals surface area (Å²) in [4.78, 5) is 14.2. The second kappa shape index (κ2) is 20.5. The molecule has 0 spiro atoms. The molecule has 2 aliphatic rings. The molecular weight excluding hydrogens is 950 g/mol. The van der Waals surface area contributed by atoms with E-state index in [0.29, 0.717) is 69.8 Å². The summed E-state index contributed by atoms with van der Waals surface area (Å²) in [6.07, 6.45) is 3.94. The number of alkyl halides is 3. The topological polar surface area (TPSA) is 128 Å². The third-order valence-electron chi connectivity index (χ3n) is 11.3. The summed E-state index contributed by atoms with van der Waals surface area (Å²) < 4.78 is 99.1. The lowest BCUT2D eigenvalue weighted by Crippen LogP contribution is -2.46. The number of benzene rings is 4. The van der Waals surface area contributed by atoms with Gasteiger partial charge in [-0.2, -0.15) is 13.2 Å². The van der Waals surface area contributed by atoms with E-state index in [1.807, 2.05) is 49.3 Å². The maximum absolute atomic E-state index is 14.2. The van der Waals surface area contributed by atoms with Gasteiger partial charge in [-0.3, -0.25) is 14.5 Å². The molecule has 0 bridgehead atoms. The molecule has 0 saturated carbocycles. The molecule has 1 saturated heterocycles. The van der Waals surface area contributed by atoms with E-state index in [9.17, 15) is 30.0 Å². The summed E-state index contributed by atoms with van der Waals surface area (Å²) in [5.41, 5.74) is -1.37. The van der Waals surface area contributed by atoms with Crippen LogP contribution in [-0.4, -0.2) is 105 Å². The predicted octanol–water partition coefficient (Wildman–Crippen LogP) is 9.75. The standard InChI is InChI=1S/C44H47Cl3F3N7O4S3/c1-55(2)17-13-34(27-62-36-22-32(46)21-33(47)23-36)53-40-12-11-37(24-42(40)63(58,59)44(48,49)50)64(60,61)54-43-39-16-20-57(26-41(39)51-28-52-43)35-14-18-56(19-15-35)25-30-5-3-4-6-38(30)29-7-9-31(45)10-8-29/h3-12,21-24,28,34-35,53H,13-20,25-27H2,1-2H3,(H,51,52,54). The highest BCUT2D eigenvalue weighted by Gasteiger charge is 2.48. The number of sulfonamides is 1. The van der Waals surface area contributed by atoms with Crippen LogP contribution in [0.4, 0.5) is 24.7 Å². The van der Waals surface area contributed by atoms with Crippen LogP contribution in [0.15, 0.2) is 106 Å². The highest BCUT2D eigenvalue weighted by Crippen LogP contribution is 2.38. The number of rotatable bonds is 16. The van der Waals surface area contributed by atoms with Gasteiger partial charge >= 0.3 is 5.51 Å². The van der Waals surface area contributed by atoms with Gasteiger partial charge in [0.25, 0.3) is 19.9 Å². The van der Waals surface area contributed by atoms with Crippen LogP contribution in [0.3, 0.4) is 0 Å². The van der Waals surface area contributed by atoms with Gasteiger partial charge in [0.1, 0.15) is 17.0 Å². The smallest absolute Gasteiger partial charge is 0.380 e. The van der Waals surface area contributed by atoms with Crippen LogP contribution < -0.4 is 10.0 Å². The normalized spacial score (nSPS) is 16.1. The first-order valence-electron chi connectivity index (χ1n) is 20.5. The van der Waals surface area contributed by atoms with Gasteiger partial charge in [-0.25, -0.2) is 26.8 Å². The molecule has 2 N–H and O–H groups in total. The first-order chi connectivity index (χ1) is 30.4. The Morgan fingerprint density at radius 3 is 2.27 bits per heavy atom. The number of hydrogen-bond donors (Lipinski definition) is 2. The summed E-state index contributed by atoms with van der Waals surface area (Å²) in [7, 11) is -7.02. The van der Waals surface area contributed by atoms with Crippen molar-refractivity contribution in [1.82, 2.24) is 24.7 Å². The van der Waals surface area contributed by atoms with Gasteiger partial charge < -0.3 is 10.2 Å². The maximum Gasteiger partial charge on any atom is 0.501 e. The number of fused-ring (bicyclic) bond motifs is 1. The first kappa shape index (κ1) is 48.3. The van der Waals surface area contributed by atoms with Gasteiger partial charge in [0.2, 0.25) is 0 Å². The molecule has 20 heteroatoms. The van der Waals surface area contributed by atoms with Crippen molar-refractivity contribution in [2.45, 2.75) is 71.1 Å². The van der Waals surface area contributed by atoms with E-state index in [-0.39, 0.29) is 17.6 Å². The Kier molecular flexibility index (Phi) is 15.4. The molecule has 0 radical (unpaired) electrons. The molecule has 1 fully saturated rings. The minimum absolute atomic E-state index is 0.0110. The van der Waals surface area contributed by atoms with Gasteiger partial charge in [-0.15, -0.1) is 11.8 Å². The Balaban J connectivity index is 1.04. The second-order valence-electron chi connectivity index (χ2n) is 16.1. The zero-order chi connectivity index (χ0) is 45.8. The third kappa shape index (κ3) is 11.8. The van der Waals surface area contributed by atoms with Crippen LogP contribution in [0.5, 0.6) is 0 Å². The van der Waals surface area contributed by atoms with Gasteiger partial charge in [-0.1, -0.05) is 71.2 Å². The summed E-state index contributed by atoms with van der Waals surface area (Å²) in [6, 6.07) is 23.6. The molecular formula is C44H47Cl3F3N7O4S3. The Labute approximate surface area is 391 Å². The lowest BCUT2D eigenvalue weighted by atomic mass is 9.96. The van der Waals surface area contributed by atoms with Crippen LogP contribution >= 0.6 is 46.6 Å². The SMILES string of the molecule is CN(C)CCC(CSc1cc(Cl)cc(Cl)c1)Nc1ccc(S(=O)(=O)Nc2ncnc3c2CCN(C2CCN(Cc4ccccc4-c4ccc(Cl)cc4)CC2)C3)cc1S(=O)(=O)C(F)(F)F. The average Bonchev–Trinajstić information content (AvgIpc) is 3.24. The molecule has 2 aliphatic heterocycles. The van der Waals surface area contributed by atoms with Crippen molar-refractivity contribution in [3.8, 4) is 11.1 Å². The van der Waals surface area contributed by atoms with Crippen molar-refractivity contribution >= 4 is 77.9 Å². The molecule has 64 heavy (non-hydrogen) atoms. The zero-order valence-electron chi connectivity index (χ0n) is 35.0. The molecule has 11 nitrogen and oxygen atoms in total. The molecule has 4 aromatic carbocycles. The fourth-order valence-electron chi connectivity index (χ4n) is 7.99. The van der Waals surface area contributed by atoms with E-state index < -0.39 is 46.9 Å². The summed E-state index contributed by atoms with van der Waals surface area (Å²) in [6.45, 7) is 4.19. The fourth-order valence-corrected chi connectivity index (χ4v) is 11.9. The number of sulfone groups is 1. The summed E-state index contributed by atoms with van der Waals surface area (Å²) in [5, 5.41) is 4.46. The lowest BCUT2D eigenvalue weighted by molar-refractivity contribution is -0.0435. The number of aromatic nitrogens is 2. The van der Waals surface area contributed by atoms with Crippen LogP contribution in [0.1, 0.15) is 36.1 Å². The second-order valence-corrected chi connectivity index (χ2v) is 22.1. The molecule has 1 atom stereocenters. The van der Waals surface area contributed by atoms with Crippen molar-refractivity contribution in [1.29, 1.82) is 0 Å². The molecule has 1 unspecified atom stereocenters. The van der Waals surface area contributed by atoms with Crippen LogP contribution in [0.25, 0.3) is 11.1 Å². The predicted molar refractivity (Wildman–Crippen MR) is 250 cm³/mol. The molecule has 0 amide bonds. The minimum atomic E-state index is -6.03. The van der Waals surface area contributed by atoms with Crippen molar-refractivity contribution in [2.75, 3.05) is 56.1 Å². The monoisotopic (exact) mass is 995 g/mol. The number of hydrogen-bond acceptors (Lipinski definition) is 11. The number of thioether (sulfide) groups is 1. The van der Waals surface area contributed by atoms with Gasteiger partial charge in [0, 0.05) is 63.0 Å². The van der Waals surface area contributed by atoms with Crippen LogP contribution in [0.2, 0.25) is 15.1 Å². The largest absolute Gasteiger partial charge is 0.501 e. The first-order valence-corrected chi connectivity index (χ1v) is 25.6. The highest BCUT2D eigenvalue weighted by atomic mass is 35.5. The quantitative estimate of drug-likeness (QED) is 0.0918. The Morgan fingerprint density at radius 1 is 0.875 bits per heavy atom. The van der Waals surface area contributed by atoms with Crippen molar-refractivity contribution in [3.63, 3.8) is 0 Å². The molecule has 5 aromatic rings. The number of nitrogens with one attached hydrogen (secondary N) is 2. The maximum atomic E-state index is 14.2. The minimum Gasteiger partial charge on any atom is -0.380 e. The Bertz CT molecular complexity index is 2650. The van der Waals surface area contributed by atoms with E-state index >= 15 is 0 Å². The van der Waals surface area contributed by atoms with Gasteiger partial charge in [0.05, 0.1) is 16.3 Å². The van der Waals surface area contributed by atoms with Crippen LogP contribution in [-0.2, 0) is 39.4 Å². The van der Waals surface area contributed by atoms with Crippen molar-refractivity contribution in [2.24, 2.45) is 0 Å². The fraction of sp³-hybridized carbons (Fsp3) is 0.364. The van der Waals surface area contributed by atoms with Crippen LogP contribution in [0, 0.1) is 0 Å². The summed E-state index contributed by atoms with van der Waals surface area (Å²) in [5.74, 6) is 0.275. The van der Waals surface area contributed by atoms with E-state index in [1.54, 1.807) is 18.2 Å². The lowest BCUT2D eigenvalue weighted by Gasteiger charge is -2.40. The highest BCUT2D eigenvalue weighted by molar-refractivity contribution is 7.99. The van der Waals surface area contributed by atoms with E-state index in [4.69, 9.17) is 34.8 Å². The van der Waals surface area contributed by atoms with E-state index in [1.165, 1.54) is 29.2 Å². The Morgan fingerprint density at radius 2 is 1.58 bits per heavy atom. The number of likely N-dealkylation sites (tertiary alicyclic amines) is 1. The number of anilines is 2. The average molecular weight is 997 g/mol. The molecule has 342 valence electrons. The number of nitrogens with zero attached hydrogens (tertiary/aromatic N) is 5. The molecule has 0 aliphatic carbocycles. The van der Waals surface area contributed by atoms with E-state index in [0.717, 1.165) is 50.2 Å². The van der Waals surface area contributed by atoms with Crippen molar-refractivity contribution in [3.05, 3.63) is 123 Å². The Hall–Kier alpha value is -3.65. The molecule has 1 aromatic heterocycles. The number of halogens is 6. The van der Waals surface area contributed by atoms with Gasteiger partial charge in [0.15, 0.2) is 0 Å². The molecule has 3 heterocycles.